The van der Waals surface area contributed by atoms with Gasteiger partial charge in [0.1, 0.15) is 0 Å². The summed E-state index contributed by atoms with van der Waals surface area (Å²) < 4.78 is 4.81. The van der Waals surface area contributed by atoms with E-state index in [1.54, 1.807) is 19.1 Å². The fraction of sp³-hybridized carbons (Fsp3) is 0.562. The molecule has 1 fully saturated rings. The molecule has 1 atom stereocenters. The van der Waals surface area contributed by atoms with Crippen molar-refractivity contribution >= 4 is 17.6 Å². The molecular formula is C16H22ClNO3. The first kappa shape index (κ1) is 16.3. The van der Waals surface area contributed by atoms with Crippen molar-refractivity contribution < 1.29 is 14.6 Å². The van der Waals surface area contributed by atoms with E-state index < -0.39 is 12.1 Å². The summed E-state index contributed by atoms with van der Waals surface area (Å²) in [5.41, 5.74) is 1.50. The second-order valence-corrected chi connectivity index (χ2v) is 5.75. The summed E-state index contributed by atoms with van der Waals surface area (Å²) in [5.74, 6) is -0.641. The van der Waals surface area contributed by atoms with Crippen LogP contribution < -0.4 is 0 Å². The Morgan fingerprint density at radius 3 is 2.71 bits per heavy atom. The lowest BCUT2D eigenvalue weighted by molar-refractivity contribution is -0.153. The minimum atomic E-state index is -1.27. The second-order valence-electron chi connectivity index (χ2n) is 5.34. The topological polar surface area (TPSA) is 49.8 Å². The first-order valence-corrected chi connectivity index (χ1v) is 7.85. The van der Waals surface area contributed by atoms with Gasteiger partial charge >= 0.3 is 5.97 Å². The van der Waals surface area contributed by atoms with E-state index in [9.17, 15) is 9.90 Å². The van der Waals surface area contributed by atoms with Gasteiger partial charge in [-0.1, -0.05) is 30.2 Å². The van der Waals surface area contributed by atoms with Crippen LogP contribution in [0, 0.1) is 0 Å². The van der Waals surface area contributed by atoms with Crippen LogP contribution in [0.5, 0.6) is 0 Å². The molecule has 0 aliphatic carbocycles. The average Bonchev–Trinajstić information content (AvgIpc) is 2.50. The largest absolute Gasteiger partial charge is 0.464 e. The van der Waals surface area contributed by atoms with E-state index in [1.807, 2.05) is 6.07 Å². The van der Waals surface area contributed by atoms with Crippen molar-refractivity contribution in [3.05, 3.63) is 34.3 Å². The van der Waals surface area contributed by atoms with Gasteiger partial charge in [-0.15, -0.1) is 0 Å². The van der Waals surface area contributed by atoms with Gasteiger partial charge in [-0.05, 0) is 50.0 Å². The van der Waals surface area contributed by atoms with E-state index in [-0.39, 0.29) is 6.61 Å². The number of piperidine rings is 1. The lowest BCUT2D eigenvalue weighted by Crippen LogP contribution is -2.29. The van der Waals surface area contributed by atoms with Gasteiger partial charge in [0.15, 0.2) is 6.10 Å². The summed E-state index contributed by atoms with van der Waals surface area (Å²) >= 11 is 6.28. The van der Waals surface area contributed by atoms with Crippen LogP contribution in [-0.4, -0.2) is 35.7 Å². The third-order valence-corrected chi connectivity index (χ3v) is 4.10. The number of rotatable bonds is 5. The molecule has 0 amide bonds. The molecule has 4 nitrogen and oxygen atoms in total. The minimum absolute atomic E-state index is 0.247. The molecule has 1 aromatic rings. The van der Waals surface area contributed by atoms with Gasteiger partial charge in [0.2, 0.25) is 0 Å². The van der Waals surface area contributed by atoms with Gasteiger partial charge in [0.05, 0.1) is 6.61 Å². The van der Waals surface area contributed by atoms with Crippen LogP contribution in [0.15, 0.2) is 18.2 Å². The van der Waals surface area contributed by atoms with Crippen LogP contribution in [0.25, 0.3) is 0 Å². The van der Waals surface area contributed by atoms with Crippen molar-refractivity contribution in [2.24, 2.45) is 0 Å². The first-order valence-electron chi connectivity index (χ1n) is 7.47. The number of carbonyl (C=O) groups excluding carboxylic acids is 1. The molecule has 1 aliphatic heterocycles. The van der Waals surface area contributed by atoms with Crippen LogP contribution >= 0.6 is 11.6 Å². The molecule has 0 spiro atoms. The number of likely N-dealkylation sites (tertiary alicyclic amines) is 1. The summed E-state index contributed by atoms with van der Waals surface area (Å²) in [6, 6.07) is 5.28. The highest BCUT2D eigenvalue weighted by molar-refractivity contribution is 6.31. The minimum Gasteiger partial charge on any atom is -0.464 e. The third-order valence-electron chi connectivity index (χ3n) is 3.75. The molecule has 116 valence electrons. The van der Waals surface area contributed by atoms with E-state index in [0.717, 1.165) is 25.2 Å². The summed E-state index contributed by atoms with van der Waals surface area (Å²) in [4.78, 5) is 13.9. The summed E-state index contributed by atoms with van der Waals surface area (Å²) in [6.45, 7) is 4.97. The van der Waals surface area contributed by atoms with Crippen molar-refractivity contribution in [1.29, 1.82) is 0 Å². The van der Waals surface area contributed by atoms with E-state index in [0.29, 0.717) is 10.6 Å². The number of nitrogens with zero attached hydrogens (tertiary/aromatic N) is 1. The van der Waals surface area contributed by atoms with Gasteiger partial charge in [-0.2, -0.15) is 0 Å². The highest BCUT2D eigenvalue weighted by Crippen LogP contribution is 2.25. The second kappa shape index (κ2) is 7.78. The molecule has 21 heavy (non-hydrogen) atoms. The molecule has 1 unspecified atom stereocenters. The lowest BCUT2D eigenvalue weighted by atomic mass is 10.1. The number of ether oxygens (including phenoxy) is 1. The van der Waals surface area contributed by atoms with Crippen molar-refractivity contribution in [2.45, 2.75) is 38.8 Å². The molecule has 1 aliphatic rings. The SMILES string of the molecule is CCOC(=O)C(O)c1ccc(CN2CCCCC2)c(Cl)c1. The molecule has 1 heterocycles. The number of esters is 1. The lowest BCUT2D eigenvalue weighted by Gasteiger charge is -2.26. The van der Waals surface area contributed by atoms with Gasteiger partial charge in [0, 0.05) is 11.6 Å². The number of hydrogen-bond donors (Lipinski definition) is 1. The Labute approximate surface area is 130 Å². The van der Waals surface area contributed by atoms with E-state index in [1.165, 1.54) is 19.3 Å². The average molecular weight is 312 g/mol. The number of hydrogen-bond acceptors (Lipinski definition) is 4. The van der Waals surface area contributed by atoms with Crippen LogP contribution in [-0.2, 0) is 16.1 Å². The highest BCUT2D eigenvalue weighted by Gasteiger charge is 2.20. The standard InChI is InChI=1S/C16H22ClNO3/c1-2-21-16(20)15(19)12-6-7-13(14(17)10-12)11-18-8-4-3-5-9-18/h6-7,10,15,19H,2-5,8-9,11H2,1H3. The maximum atomic E-state index is 11.5. The highest BCUT2D eigenvalue weighted by atomic mass is 35.5. The van der Waals surface area contributed by atoms with Crippen LogP contribution in [0.3, 0.4) is 0 Å². The fourth-order valence-corrected chi connectivity index (χ4v) is 2.83. The number of carbonyl (C=O) groups is 1. The molecular weight excluding hydrogens is 290 g/mol. The number of aliphatic hydroxyl groups excluding tert-OH is 1. The number of halogens is 1. The molecule has 1 N–H and O–H groups in total. The first-order chi connectivity index (χ1) is 10.1. The molecule has 0 radical (unpaired) electrons. The fourth-order valence-electron chi connectivity index (χ4n) is 2.58. The van der Waals surface area contributed by atoms with Gasteiger partial charge in [-0.25, -0.2) is 4.79 Å². The summed E-state index contributed by atoms with van der Waals surface area (Å²) in [7, 11) is 0. The third kappa shape index (κ3) is 4.43. The van der Waals surface area contributed by atoms with Crippen molar-refractivity contribution in [3.8, 4) is 0 Å². The normalized spacial score (nSPS) is 17.5. The Bertz CT molecular complexity index is 486. The molecule has 0 saturated carbocycles. The number of aliphatic hydroxyl groups is 1. The van der Waals surface area contributed by atoms with Crippen LogP contribution in [0.4, 0.5) is 0 Å². The van der Waals surface area contributed by atoms with Crippen molar-refractivity contribution in [1.82, 2.24) is 4.90 Å². The Balaban J connectivity index is 2.04. The zero-order valence-corrected chi connectivity index (χ0v) is 13.1. The van der Waals surface area contributed by atoms with Crippen molar-refractivity contribution in [2.75, 3.05) is 19.7 Å². The Kier molecular flexibility index (Phi) is 6.03. The molecule has 5 heteroatoms. The Morgan fingerprint density at radius 1 is 1.38 bits per heavy atom. The molecule has 0 bridgehead atoms. The van der Waals surface area contributed by atoms with Crippen LogP contribution in [0.2, 0.25) is 5.02 Å². The smallest absolute Gasteiger partial charge is 0.339 e. The van der Waals surface area contributed by atoms with Gasteiger partial charge < -0.3 is 9.84 Å². The summed E-state index contributed by atoms with van der Waals surface area (Å²) in [6.07, 6.45) is 2.50. The van der Waals surface area contributed by atoms with Crippen LogP contribution in [0.1, 0.15) is 43.4 Å². The monoisotopic (exact) mass is 311 g/mol. The summed E-state index contributed by atoms with van der Waals surface area (Å²) in [5, 5.41) is 10.5. The predicted octanol–water partition coefficient (Wildman–Crippen LogP) is 2.92. The zero-order chi connectivity index (χ0) is 15.2. The molecule has 1 saturated heterocycles. The van der Waals surface area contributed by atoms with E-state index in [4.69, 9.17) is 16.3 Å². The van der Waals surface area contributed by atoms with Gasteiger partial charge in [-0.3, -0.25) is 4.90 Å². The number of benzene rings is 1. The zero-order valence-electron chi connectivity index (χ0n) is 12.3. The molecule has 1 aromatic carbocycles. The molecule has 0 aromatic heterocycles. The quantitative estimate of drug-likeness (QED) is 0.850. The Hall–Kier alpha value is -1.10. The maximum absolute atomic E-state index is 11.5. The molecule has 2 rings (SSSR count). The van der Waals surface area contributed by atoms with Crippen molar-refractivity contribution in [3.63, 3.8) is 0 Å². The Morgan fingerprint density at radius 2 is 2.10 bits per heavy atom. The van der Waals surface area contributed by atoms with E-state index in [2.05, 4.69) is 4.90 Å². The van der Waals surface area contributed by atoms with E-state index >= 15 is 0 Å². The van der Waals surface area contributed by atoms with Gasteiger partial charge in [0.25, 0.3) is 0 Å². The predicted molar refractivity (Wildman–Crippen MR) is 82.2 cm³/mol. The maximum Gasteiger partial charge on any atom is 0.339 e.